The number of carbonyl (C=O) groups excluding carboxylic acids is 1. The van der Waals surface area contributed by atoms with Gasteiger partial charge in [0.1, 0.15) is 0 Å². The van der Waals surface area contributed by atoms with Crippen LogP contribution >= 0.6 is 11.3 Å². The minimum Gasteiger partial charge on any atom is -0.324 e. The fourth-order valence-electron chi connectivity index (χ4n) is 2.29. The lowest BCUT2D eigenvalue weighted by atomic mass is 10.1. The number of thiophene rings is 1. The van der Waals surface area contributed by atoms with Crippen molar-refractivity contribution in [1.82, 2.24) is 4.98 Å². The molecule has 106 valence electrons. The Hall–Kier alpha value is -1.68. The smallest absolute Gasteiger partial charge is 0.224 e. The zero-order chi connectivity index (χ0) is 14.5. The Bertz CT molecular complexity index is 568. The number of rotatable bonds is 5. The number of aryl methyl sites for hydroxylation is 4. The molecule has 0 saturated carbocycles. The van der Waals surface area contributed by atoms with Gasteiger partial charge in [0.15, 0.2) is 0 Å². The van der Waals surface area contributed by atoms with Crippen LogP contribution in [0.1, 0.15) is 34.7 Å². The van der Waals surface area contributed by atoms with Crippen molar-refractivity contribution >= 4 is 22.9 Å². The molecule has 0 aliphatic carbocycles. The summed E-state index contributed by atoms with van der Waals surface area (Å²) in [6.45, 7) is 5.90. The van der Waals surface area contributed by atoms with Crippen LogP contribution in [-0.2, 0) is 11.2 Å². The summed E-state index contributed by atoms with van der Waals surface area (Å²) in [6.07, 6.45) is 2.39. The van der Waals surface area contributed by atoms with Gasteiger partial charge >= 0.3 is 0 Å². The summed E-state index contributed by atoms with van der Waals surface area (Å²) in [6, 6.07) is 6.15. The van der Waals surface area contributed by atoms with Crippen LogP contribution in [0.5, 0.6) is 0 Å². The van der Waals surface area contributed by atoms with E-state index in [-0.39, 0.29) is 5.91 Å². The highest BCUT2D eigenvalue weighted by molar-refractivity contribution is 7.09. The summed E-state index contributed by atoms with van der Waals surface area (Å²) < 4.78 is 0. The first kappa shape index (κ1) is 14.7. The van der Waals surface area contributed by atoms with Crippen molar-refractivity contribution in [2.75, 3.05) is 5.32 Å². The van der Waals surface area contributed by atoms with Crippen molar-refractivity contribution < 1.29 is 4.79 Å². The third kappa shape index (κ3) is 3.90. The maximum atomic E-state index is 12.0. The predicted octanol–water partition coefficient (Wildman–Crippen LogP) is 4.03. The molecule has 0 unspecified atom stereocenters. The first-order valence-corrected chi connectivity index (χ1v) is 7.71. The quantitative estimate of drug-likeness (QED) is 0.902. The summed E-state index contributed by atoms with van der Waals surface area (Å²) in [7, 11) is 0. The molecule has 0 aliphatic heterocycles. The number of hydrogen-bond acceptors (Lipinski definition) is 3. The zero-order valence-electron chi connectivity index (χ0n) is 12.2. The molecule has 0 aliphatic rings. The van der Waals surface area contributed by atoms with Gasteiger partial charge in [-0.25, -0.2) is 0 Å². The SMILES string of the molecule is Cc1cc(C)c(NC(=O)CCCc2cccs2)c(C)n1. The second-order valence-corrected chi connectivity index (χ2v) is 6.05. The summed E-state index contributed by atoms with van der Waals surface area (Å²) in [5.74, 6) is 0.0680. The van der Waals surface area contributed by atoms with E-state index in [0.717, 1.165) is 35.5 Å². The van der Waals surface area contributed by atoms with E-state index in [4.69, 9.17) is 0 Å². The monoisotopic (exact) mass is 288 g/mol. The molecule has 0 radical (unpaired) electrons. The van der Waals surface area contributed by atoms with Gasteiger partial charge in [0.25, 0.3) is 0 Å². The molecular weight excluding hydrogens is 268 g/mol. The highest BCUT2D eigenvalue weighted by Crippen LogP contribution is 2.20. The lowest BCUT2D eigenvalue weighted by Gasteiger charge is -2.11. The molecule has 3 nitrogen and oxygen atoms in total. The number of carbonyl (C=O) groups is 1. The van der Waals surface area contributed by atoms with Gasteiger partial charge in [-0.05, 0) is 56.7 Å². The third-order valence-electron chi connectivity index (χ3n) is 3.20. The van der Waals surface area contributed by atoms with E-state index in [1.54, 1.807) is 11.3 Å². The summed E-state index contributed by atoms with van der Waals surface area (Å²) >= 11 is 1.74. The van der Waals surface area contributed by atoms with E-state index < -0.39 is 0 Å². The largest absolute Gasteiger partial charge is 0.324 e. The van der Waals surface area contributed by atoms with Crippen LogP contribution in [0.15, 0.2) is 23.6 Å². The van der Waals surface area contributed by atoms with Crippen LogP contribution < -0.4 is 5.32 Å². The third-order valence-corrected chi connectivity index (χ3v) is 4.13. The zero-order valence-corrected chi connectivity index (χ0v) is 13.0. The number of hydrogen-bond donors (Lipinski definition) is 1. The van der Waals surface area contributed by atoms with Gasteiger partial charge in [-0.1, -0.05) is 6.07 Å². The Labute approximate surface area is 124 Å². The molecule has 0 atom stereocenters. The molecule has 0 spiro atoms. The van der Waals surface area contributed by atoms with Crippen LogP contribution in [0.2, 0.25) is 0 Å². The van der Waals surface area contributed by atoms with Gasteiger partial charge in [-0.15, -0.1) is 11.3 Å². The maximum Gasteiger partial charge on any atom is 0.224 e. The molecule has 4 heteroatoms. The number of pyridine rings is 1. The number of anilines is 1. The van der Waals surface area contributed by atoms with Crippen LogP contribution in [-0.4, -0.2) is 10.9 Å². The molecule has 1 amide bonds. The normalized spacial score (nSPS) is 10.6. The van der Waals surface area contributed by atoms with Gasteiger partial charge in [-0.3, -0.25) is 9.78 Å². The number of nitrogens with zero attached hydrogens (tertiary/aromatic N) is 1. The second kappa shape index (κ2) is 6.66. The molecule has 2 rings (SSSR count). The lowest BCUT2D eigenvalue weighted by Crippen LogP contribution is -2.14. The summed E-state index contributed by atoms with van der Waals surface area (Å²) in [4.78, 5) is 17.7. The molecule has 2 aromatic rings. The molecule has 0 saturated heterocycles. The van der Waals surface area contributed by atoms with Crippen LogP contribution in [0.3, 0.4) is 0 Å². The Morgan fingerprint density at radius 1 is 1.35 bits per heavy atom. The first-order chi connectivity index (χ1) is 9.56. The van der Waals surface area contributed by atoms with Gasteiger partial charge < -0.3 is 5.32 Å². The number of aromatic nitrogens is 1. The van der Waals surface area contributed by atoms with Gasteiger partial charge in [0.2, 0.25) is 5.91 Å². The highest BCUT2D eigenvalue weighted by atomic mass is 32.1. The van der Waals surface area contributed by atoms with Crippen molar-refractivity contribution in [3.8, 4) is 0 Å². The van der Waals surface area contributed by atoms with Crippen molar-refractivity contribution in [2.45, 2.75) is 40.0 Å². The van der Waals surface area contributed by atoms with Crippen molar-refractivity contribution in [1.29, 1.82) is 0 Å². The topological polar surface area (TPSA) is 42.0 Å². The standard InChI is InChI=1S/C16H20N2OS/c1-11-10-12(2)17-13(3)16(11)18-15(19)8-4-6-14-7-5-9-20-14/h5,7,9-10H,4,6,8H2,1-3H3,(H,18,19). The molecule has 0 bridgehead atoms. The van der Waals surface area contributed by atoms with Crippen molar-refractivity contribution in [3.63, 3.8) is 0 Å². The van der Waals surface area contributed by atoms with Gasteiger partial charge in [-0.2, -0.15) is 0 Å². The van der Waals surface area contributed by atoms with E-state index in [0.29, 0.717) is 6.42 Å². The van der Waals surface area contributed by atoms with E-state index in [9.17, 15) is 4.79 Å². The number of amides is 1. The lowest BCUT2D eigenvalue weighted by molar-refractivity contribution is -0.116. The highest BCUT2D eigenvalue weighted by Gasteiger charge is 2.09. The molecule has 2 heterocycles. The Morgan fingerprint density at radius 2 is 2.15 bits per heavy atom. The van der Waals surface area contributed by atoms with Crippen LogP contribution in [0, 0.1) is 20.8 Å². The second-order valence-electron chi connectivity index (χ2n) is 5.02. The summed E-state index contributed by atoms with van der Waals surface area (Å²) in [5.41, 5.74) is 3.79. The van der Waals surface area contributed by atoms with Crippen molar-refractivity contribution in [2.24, 2.45) is 0 Å². The van der Waals surface area contributed by atoms with Gasteiger partial charge in [0, 0.05) is 17.0 Å². The van der Waals surface area contributed by atoms with E-state index in [2.05, 4.69) is 21.7 Å². The Kier molecular flexibility index (Phi) is 4.90. The molecular formula is C16H20N2OS. The average molecular weight is 288 g/mol. The Morgan fingerprint density at radius 3 is 2.80 bits per heavy atom. The van der Waals surface area contributed by atoms with Gasteiger partial charge in [0.05, 0.1) is 11.4 Å². The molecule has 20 heavy (non-hydrogen) atoms. The fraction of sp³-hybridized carbons (Fsp3) is 0.375. The molecule has 1 N–H and O–H groups in total. The van der Waals surface area contributed by atoms with Crippen LogP contribution in [0.4, 0.5) is 5.69 Å². The molecule has 0 fully saturated rings. The fourth-order valence-corrected chi connectivity index (χ4v) is 3.04. The minimum atomic E-state index is 0.0680. The maximum absolute atomic E-state index is 12.0. The van der Waals surface area contributed by atoms with Crippen LogP contribution in [0.25, 0.3) is 0 Å². The first-order valence-electron chi connectivity index (χ1n) is 6.83. The van der Waals surface area contributed by atoms with E-state index in [1.807, 2.05) is 32.9 Å². The predicted molar refractivity (Wildman–Crippen MR) is 84.3 cm³/mol. The molecule has 2 aromatic heterocycles. The minimum absolute atomic E-state index is 0.0680. The van der Waals surface area contributed by atoms with E-state index >= 15 is 0 Å². The Balaban J connectivity index is 1.88. The summed E-state index contributed by atoms with van der Waals surface area (Å²) in [5, 5.41) is 5.06. The van der Waals surface area contributed by atoms with E-state index in [1.165, 1.54) is 4.88 Å². The average Bonchev–Trinajstić information content (AvgIpc) is 2.87. The molecule has 0 aromatic carbocycles. The number of nitrogens with one attached hydrogen (secondary N) is 1. The van der Waals surface area contributed by atoms with Crippen molar-refractivity contribution in [3.05, 3.63) is 45.4 Å².